The number of benzene rings is 1. The Morgan fingerprint density at radius 1 is 0.857 bits per heavy atom. The molecule has 1 aliphatic heterocycles. The van der Waals surface area contributed by atoms with Crippen LogP contribution in [-0.2, 0) is 25.8 Å². The first kappa shape index (κ1) is 32.9. The largest absolute Gasteiger partial charge is 1.00 e. The second kappa shape index (κ2) is 18.2. The Balaban J connectivity index is -0.0000000773. The summed E-state index contributed by atoms with van der Waals surface area (Å²) in [5.74, 6) is -0.601. The van der Waals surface area contributed by atoms with Gasteiger partial charge in [-0.15, -0.1) is 0 Å². The predicted octanol–water partition coefficient (Wildman–Crippen LogP) is -10.4. The zero-order valence-electron chi connectivity index (χ0n) is 11.4. The summed E-state index contributed by atoms with van der Waals surface area (Å²) < 4.78 is 4.83. The van der Waals surface area contributed by atoms with Crippen molar-refractivity contribution in [1.82, 2.24) is 5.32 Å². The first-order valence-corrected chi connectivity index (χ1v) is 5.23. The molecule has 0 atom stereocenters. The first-order valence-electron chi connectivity index (χ1n) is 5.23. The monoisotopic (exact) mass is 545 g/mol. The number of nitrogens with one attached hydrogen (secondary N) is 1. The van der Waals surface area contributed by atoms with Crippen LogP contribution in [0.15, 0.2) is 24.3 Å². The van der Waals surface area contributed by atoms with Crippen LogP contribution in [0.3, 0.4) is 0 Å². The van der Waals surface area contributed by atoms with E-state index in [-0.39, 0.29) is 82.5 Å². The number of hydrogen-bond donors (Lipinski definition) is 1. The maximum absolute atomic E-state index is 10.9. The van der Waals surface area contributed by atoms with Crippen molar-refractivity contribution in [3.63, 3.8) is 0 Å². The van der Waals surface area contributed by atoms with Crippen molar-refractivity contribution in [1.29, 1.82) is 0 Å². The van der Waals surface area contributed by atoms with Crippen molar-refractivity contribution in [3.8, 4) is 0 Å². The van der Waals surface area contributed by atoms with Crippen molar-refractivity contribution in [2.45, 2.75) is 13.8 Å². The van der Waals surface area contributed by atoms with Crippen LogP contribution in [0.2, 0.25) is 0 Å². The van der Waals surface area contributed by atoms with Crippen LogP contribution < -0.4 is 54.9 Å². The molecule has 1 aromatic carbocycles. The number of hydrogen-bond acceptors (Lipinski definition) is 3. The van der Waals surface area contributed by atoms with Gasteiger partial charge in [0.25, 0.3) is 11.8 Å². The second-order valence-corrected chi connectivity index (χ2v) is 3.11. The summed E-state index contributed by atoms with van der Waals surface area (Å²) >= 11 is 0. The van der Waals surface area contributed by atoms with Crippen molar-refractivity contribution in [2.24, 2.45) is 0 Å². The molecule has 1 heterocycles. The molecule has 9 heteroatoms. The smallest absolute Gasteiger partial charge is 0.258 e. The van der Waals surface area contributed by atoms with Gasteiger partial charge in [0.15, 0.2) is 0 Å². The van der Waals surface area contributed by atoms with Crippen LogP contribution in [0, 0.1) is 0 Å². The van der Waals surface area contributed by atoms with E-state index in [0.29, 0.717) is 11.1 Å². The van der Waals surface area contributed by atoms with Gasteiger partial charge in [0.1, 0.15) is 0 Å². The van der Waals surface area contributed by atoms with E-state index in [9.17, 15) is 9.59 Å². The molecule has 0 bridgehead atoms. The Morgan fingerprint density at radius 3 is 1.43 bits per heavy atom. The maximum atomic E-state index is 10.9. The van der Waals surface area contributed by atoms with Crippen molar-refractivity contribution in [2.75, 3.05) is 13.2 Å². The molecule has 0 saturated carbocycles. The van der Waals surface area contributed by atoms with Crippen LogP contribution in [0.1, 0.15) is 34.6 Å². The zero-order chi connectivity index (χ0) is 12.0. The number of carbonyl (C=O) groups is 2. The molecule has 0 fully saturated rings. The summed E-state index contributed by atoms with van der Waals surface area (Å²) in [6.45, 7) is 5.67. The Morgan fingerprint density at radius 2 is 1.19 bits per heavy atom. The van der Waals surface area contributed by atoms with E-state index >= 15 is 0 Å². The minimum Gasteiger partial charge on any atom is -1.00 e. The maximum Gasteiger partial charge on any atom is 0.258 e. The van der Waals surface area contributed by atoms with Gasteiger partial charge in [-0.05, 0) is 26.0 Å². The van der Waals surface area contributed by atoms with Crippen LogP contribution in [-0.4, -0.2) is 25.0 Å². The number of halogens is 4. The fourth-order valence-electron chi connectivity index (χ4n) is 1.32. The Labute approximate surface area is 164 Å². The van der Waals surface area contributed by atoms with Crippen molar-refractivity contribution >= 4 is 11.8 Å². The van der Waals surface area contributed by atoms with Gasteiger partial charge in [0.2, 0.25) is 0 Å². The fraction of sp³-hybridized carbons (Fsp3) is 0.333. The molecule has 1 aliphatic rings. The molecular formula is C12H15Cl4NO3W-4. The molecule has 0 radical (unpaired) electrons. The van der Waals surface area contributed by atoms with Crippen LogP contribution in [0.25, 0.3) is 0 Å². The summed E-state index contributed by atoms with van der Waals surface area (Å²) in [5, 5.41) is 2.20. The van der Waals surface area contributed by atoms with Crippen LogP contribution in [0.4, 0.5) is 0 Å². The summed E-state index contributed by atoms with van der Waals surface area (Å²) in [7, 11) is 0. The van der Waals surface area contributed by atoms with Gasteiger partial charge in [-0.25, -0.2) is 0 Å². The molecule has 2 amide bonds. The third-order valence-corrected chi connectivity index (χ3v) is 2.05. The van der Waals surface area contributed by atoms with Crippen LogP contribution >= 0.6 is 0 Å². The third kappa shape index (κ3) is 10.5. The van der Waals surface area contributed by atoms with Gasteiger partial charge in [0, 0.05) is 34.3 Å². The molecule has 1 aromatic rings. The molecule has 2 rings (SSSR count). The van der Waals surface area contributed by atoms with E-state index in [2.05, 4.69) is 5.32 Å². The van der Waals surface area contributed by atoms with E-state index in [1.165, 1.54) is 0 Å². The molecule has 0 aliphatic carbocycles. The van der Waals surface area contributed by atoms with Crippen LogP contribution in [0.5, 0.6) is 0 Å². The summed E-state index contributed by atoms with van der Waals surface area (Å²) in [4.78, 5) is 21.9. The molecule has 0 aromatic heterocycles. The summed E-state index contributed by atoms with van der Waals surface area (Å²) in [6.07, 6.45) is 0. The van der Waals surface area contributed by atoms with Crippen molar-refractivity contribution < 1.29 is 85.0 Å². The number of fused-ring (bicyclic) bond motifs is 1. The molecule has 1 N–H and O–H groups in total. The molecule has 0 saturated heterocycles. The predicted molar refractivity (Wildman–Crippen MR) is 60.4 cm³/mol. The zero-order valence-corrected chi connectivity index (χ0v) is 17.3. The number of carbonyl (C=O) groups excluding carboxylic acids is 2. The molecule has 0 unspecified atom stereocenters. The molecule has 21 heavy (non-hydrogen) atoms. The number of imide groups is 1. The van der Waals surface area contributed by atoms with E-state index in [1.54, 1.807) is 24.3 Å². The first-order chi connectivity index (χ1) is 7.70. The Bertz CT molecular complexity index is 373. The van der Waals surface area contributed by atoms with Gasteiger partial charge in [0.05, 0.1) is 11.1 Å². The topological polar surface area (TPSA) is 55.4 Å². The minimum absolute atomic E-state index is 0. The molecular weight excluding hydrogens is 532 g/mol. The number of rotatable bonds is 2. The van der Waals surface area contributed by atoms with E-state index in [0.717, 1.165) is 13.2 Å². The van der Waals surface area contributed by atoms with Gasteiger partial charge in [-0.2, -0.15) is 0 Å². The Hall–Kier alpha value is 0.168. The number of ether oxygens (including phenoxy) is 1. The third-order valence-electron chi connectivity index (χ3n) is 2.05. The summed E-state index contributed by atoms with van der Waals surface area (Å²) in [5.41, 5.74) is 0.940. The fourth-order valence-corrected chi connectivity index (χ4v) is 1.32. The van der Waals surface area contributed by atoms with Gasteiger partial charge < -0.3 is 54.4 Å². The van der Waals surface area contributed by atoms with E-state index < -0.39 is 0 Å². The second-order valence-electron chi connectivity index (χ2n) is 3.11. The van der Waals surface area contributed by atoms with Crippen molar-refractivity contribution in [3.05, 3.63) is 35.4 Å². The standard InChI is InChI=1S/C8H5NO2.C4H10O.4ClH.W/c10-7-5-3-1-2-4-6(5)8(11)9-7;1-3-5-4-2;;;;;/h1-4H,(H,9,10,11);3-4H2,1-2H3;4*1H;/p-4. The van der Waals surface area contributed by atoms with Gasteiger partial charge >= 0.3 is 0 Å². The quantitative estimate of drug-likeness (QED) is 0.375. The Kier molecular flexibility index (Phi) is 28.6. The van der Waals surface area contributed by atoms with Gasteiger partial charge in [-0.1, -0.05) is 12.1 Å². The minimum atomic E-state index is -0.300. The molecule has 4 nitrogen and oxygen atoms in total. The average molecular weight is 547 g/mol. The van der Waals surface area contributed by atoms with Gasteiger partial charge in [-0.3, -0.25) is 14.9 Å². The summed E-state index contributed by atoms with van der Waals surface area (Å²) in [6, 6.07) is 6.74. The molecule has 0 spiro atoms. The SMILES string of the molecule is CCOCC.O=C1NC(=O)c2ccccc21.[Cl-].[Cl-].[Cl-].[Cl-].[W]. The van der Waals surface area contributed by atoms with E-state index in [4.69, 9.17) is 4.74 Å². The normalized spacial score (nSPS) is 9.62. The average Bonchev–Trinajstić information content (AvgIpc) is 2.58. The van der Waals surface area contributed by atoms with E-state index in [1.807, 2.05) is 13.8 Å². The molecule has 124 valence electrons. The number of amides is 2.